The van der Waals surface area contributed by atoms with Gasteiger partial charge in [0.1, 0.15) is 11.7 Å². The first-order chi connectivity index (χ1) is 10.7. The summed E-state index contributed by atoms with van der Waals surface area (Å²) in [5.41, 5.74) is -0.894. The number of rotatable bonds is 3. The molecule has 2 saturated carbocycles. The lowest BCUT2D eigenvalue weighted by atomic mass is 9.74. The third kappa shape index (κ3) is 2.99. The van der Waals surface area contributed by atoms with Crippen LogP contribution in [0.5, 0.6) is 0 Å². The fourth-order valence-electron chi connectivity index (χ4n) is 3.62. The van der Waals surface area contributed by atoms with Crippen molar-refractivity contribution < 1.29 is 4.79 Å². The van der Waals surface area contributed by atoms with Crippen molar-refractivity contribution in [3.05, 3.63) is 6.33 Å². The normalized spacial score (nSPS) is 22.0. The number of nitriles is 1. The molecule has 1 amide bonds. The number of amides is 1. The minimum Gasteiger partial charge on any atom is -0.292 e. The zero-order valence-corrected chi connectivity index (χ0v) is 12.9. The number of carbonyl (C=O) groups is 1. The number of carbonyl (C=O) groups excluding carboxylic acids is 1. The van der Waals surface area contributed by atoms with Gasteiger partial charge in [0.05, 0.1) is 12.1 Å². The van der Waals surface area contributed by atoms with Crippen LogP contribution in [0.25, 0.3) is 0 Å². The Morgan fingerprint density at radius 1 is 1.23 bits per heavy atom. The van der Waals surface area contributed by atoms with Crippen molar-refractivity contribution >= 4 is 11.9 Å². The molecule has 0 radical (unpaired) electrons. The summed E-state index contributed by atoms with van der Waals surface area (Å²) in [7, 11) is 0. The van der Waals surface area contributed by atoms with Gasteiger partial charge in [-0.3, -0.25) is 10.1 Å². The fourth-order valence-corrected chi connectivity index (χ4v) is 3.62. The predicted molar refractivity (Wildman–Crippen MR) is 81.9 cm³/mol. The van der Waals surface area contributed by atoms with E-state index in [2.05, 4.69) is 21.5 Å². The van der Waals surface area contributed by atoms with Crippen LogP contribution in [-0.4, -0.2) is 20.7 Å². The molecule has 1 N–H and O–H groups in total. The minimum atomic E-state index is -0.894. The van der Waals surface area contributed by atoms with Crippen molar-refractivity contribution in [2.24, 2.45) is 5.41 Å². The second-order valence-corrected chi connectivity index (χ2v) is 6.55. The van der Waals surface area contributed by atoms with Gasteiger partial charge in [-0.15, -0.1) is 5.10 Å². The summed E-state index contributed by atoms with van der Waals surface area (Å²) < 4.78 is 1.87. The van der Waals surface area contributed by atoms with Crippen molar-refractivity contribution in [2.45, 2.75) is 70.3 Å². The van der Waals surface area contributed by atoms with Crippen LogP contribution < -0.4 is 5.32 Å². The van der Waals surface area contributed by atoms with Crippen LogP contribution in [0.4, 0.5) is 5.95 Å². The van der Waals surface area contributed by atoms with Crippen LogP contribution in [0, 0.1) is 16.7 Å². The van der Waals surface area contributed by atoms with Crippen molar-refractivity contribution in [3.8, 4) is 6.07 Å². The number of aromatic nitrogens is 3. The number of nitrogens with one attached hydrogen (secondary N) is 1. The fraction of sp³-hybridized carbons (Fsp3) is 0.750. The van der Waals surface area contributed by atoms with Crippen molar-refractivity contribution in [1.29, 1.82) is 5.26 Å². The molecule has 0 aromatic carbocycles. The molecule has 0 spiro atoms. The molecule has 1 aromatic rings. The average Bonchev–Trinajstić information content (AvgIpc) is 3.05. The van der Waals surface area contributed by atoms with E-state index < -0.39 is 5.41 Å². The molecular formula is C16H23N5O. The zero-order valence-electron chi connectivity index (χ0n) is 12.9. The summed E-state index contributed by atoms with van der Waals surface area (Å²) in [6.07, 6.45) is 11.9. The van der Waals surface area contributed by atoms with Crippen molar-refractivity contribution in [2.75, 3.05) is 5.32 Å². The van der Waals surface area contributed by atoms with Gasteiger partial charge in [0.2, 0.25) is 11.9 Å². The number of anilines is 1. The van der Waals surface area contributed by atoms with Gasteiger partial charge >= 0.3 is 0 Å². The lowest BCUT2D eigenvalue weighted by Crippen LogP contribution is -2.37. The largest absolute Gasteiger partial charge is 0.292 e. The standard InChI is InChI=1S/C16H23N5O/c17-11-16(9-5-2-6-10-16)14(22)19-15-18-12-21(20-15)13-7-3-1-4-8-13/h12-13H,1-10H2,(H,19,20,22). The molecule has 2 aliphatic rings. The van der Waals surface area contributed by atoms with Gasteiger partial charge in [-0.25, -0.2) is 9.67 Å². The van der Waals surface area contributed by atoms with Gasteiger partial charge in [0.15, 0.2) is 0 Å². The van der Waals surface area contributed by atoms with E-state index in [0.717, 1.165) is 32.1 Å². The molecule has 22 heavy (non-hydrogen) atoms. The van der Waals surface area contributed by atoms with E-state index in [9.17, 15) is 10.1 Å². The Labute approximate surface area is 130 Å². The Morgan fingerprint density at radius 2 is 1.91 bits per heavy atom. The van der Waals surface area contributed by atoms with Gasteiger partial charge in [-0.05, 0) is 25.7 Å². The highest BCUT2D eigenvalue weighted by Gasteiger charge is 2.40. The van der Waals surface area contributed by atoms with Gasteiger partial charge in [-0.1, -0.05) is 38.5 Å². The first kappa shape index (κ1) is 15.0. The molecule has 3 rings (SSSR count). The van der Waals surface area contributed by atoms with E-state index in [1.54, 1.807) is 6.33 Å². The molecule has 0 saturated heterocycles. The average molecular weight is 301 g/mol. The van der Waals surface area contributed by atoms with Crippen LogP contribution in [0.2, 0.25) is 0 Å². The summed E-state index contributed by atoms with van der Waals surface area (Å²) >= 11 is 0. The van der Waals surface area contributed by atoms with Gasteiger partial charge in [0, 0.05) is 0 Å². The van der Waals surface area contributed by atoms with E-state index in [0.29, 0.717) is 24.8 Å². The topological polar surface area (TPSA) is 83.6 Å². The van der Waals surface area contributed by atoms with Crippen LogP contribution in [0.3, 0.4) is 0 Å². The summed E-state index contributed by atoms with van der Waals surface area (Å²) in [6.45, 7) is 0. The molecular weight excluding hydrogens is 278 g/mol. The molecule has 0 atom stereocenters. The SMILES string of the molecule is N#CC1(C(=O)Nc2ncn(C3CCCCC3)n2)CCCCC1. The maximum Gasteiger partial charge on any atom is 0.248 e. The maximum atomic E-state index is 12.5. The second-order valence-electron chi connectivity index (χ2n) is 6.55. The first-order valence-corrected chi connectivity index (χ1v) is 8.37. The number of hydrogen-bond donors (Lipinski definition) is 1. The molecule has 0 unspecified atom stereocenters. The van der Waals surface area contributed by atoms with Crippen LogP contribution in [-0.2, 0) is 4.79 Å². The predicted octanol–water partition coefficient (Wildman–Crippen LogP) is 3.20. The van der Waals surface area contributed by atoms with Crippen molar-refractivity contribution in [3.63, 3.8) is 0 Å². The zero-order chi connectivity index (χ0) is 15.4. The Kier molecular flexibility index (Phi) is 4.41. The molecule has 1 aromatic heterocycles. The molecule has 6 heteroatoms. The lowest BCUT2D eigenvalue weighted by molar-refractivity contribution is -0.124. The minimum absolute atomic E-state index is 0.240. The summed E-state index contributed by atoms with van der Waals surface area (Å²) in [4.78, 5) is 16.7. The highest BCUT2D eigenvalue weighted by molar-refractivity contribution is 5.95. The summed E-state index contributed by atoms with van der Waals surface area (Å²) in [5, 5.41) is 16.6. The molecule has 0 aliphatic heterocycles. The molecule has 0 bridgehead atoms. The van der Waals surface area contributed by atoms with Crippen molar-refractivity contribution in [1.82, 2.24) is 14.8 Å². The van der Waals surface area contributed by atoms with Crippen LogP contribution in [0.15, 0.2) is 6.33 Å². The van der Waals surface area contributed by atoms with E-state index in [4.69, 9.17) is 0 Å². The molecule has 2 aliphatic carbocycles. The van der Waals surface area contributed by atoms with Gasteiger partial charge in [0.25, 0.3) is 0 Å². The van der Waals surface area contributed by atoms with Crippen LogP contribution >= 0.6 is 0 Å². The molecule has 118 valence electrons. The maximum absolute atomic E-state index is 12.5. The Morgan fingerprint density at radius 3 is 2.59 bits per heavy atom. The quantitative estimate of drug-likeness (QED) is 0.929. The third-order valence-corrected chi connectivity index (χ3v) is 5.04. The van der Waals surface area contributed by atoms with E-state index >= 15 is 0 Å². The second kappa shape index (κ2) is 6.47. The first-order valence-electron chi connectivity index (χ1n) is 8.37. The Balaban J connectivity index is 1.66. The smallest absolute Gasteiger partial charge is 0.248 e. The monoisotopic (exact) mass is 301 g/mol. The van der Waals surface area contributed by atoms with Gasteiger partial charge in [-0.2, -0.15) is 5.26 Å². The number of nitrogens with zero attached hydrogens (tertiary/aromatic N) is 4. The van der Waals surface area contributed by atoms with Crippen LogP contribution in [0.1, 0.15) is 70.3 Å². The Bertz CT molecular complexity index is 561. The highest BCUT2D eigenvalue weighted by atomic mass is 16.2. The van der Waals surface area contributed by atoms with E-state index in [1.165, 1.54) is 19.3 Å². The molecule has 6 nitrogen and oxygen atoms in total. The summed E-state index contributed by atoms with van der Waals surface area (Å²) in [6, 6.07) is 2.63. The van der Waals surface area contributed by atoms with E-state index in [1.807, 2.05) is 4.68 Å². The highest BCUT2D eigenvalue weighted by Crippen LogP contribution is 2.36. The third-order valence-electron chi connectivity index (χ3n) is 5.04. The molecule has 1 heterocycles. The lowest BCUT2D eigenvalue weighted by Gasteiger charge is -2.28. The number of hydrogen-bond acceptors (Lipinski definition) is 4. The molecule has 2 fully saturated rings. The van der Waals surface area contributed by atoms with E-state index in [-0.39, 0.29) is 5.91 Å². The van der Waals surface area contributed by atoms with Gasteiger partial charge < -0.3 is 0 Å². The Hall–Kier alpha value is -1.90. The summed E-state index contributed by atoms with van der Waals surface area (Å²) in [5.74, 6) is 0.0897.